The Balaban J connectivity index is 1.81. The number of carbonyl (C=O) groups is 2. The van der Waals surface area contributed by atoms with Crippen molar-refractivity contribution in [3.63, 3.8) is 0 Å². The van der Waals surface area contributed by atoms with Crippen LogP contribution < -0.4 is 0 Å². The number of carboxylic acids is 1. The van der Waals surface area contributed by atoms with Crippen LogP contribution in [0, 0.1) is 11.6 Å². The molecule has 1 amide bonds. The van der Waals surface area contributed by atoms with Gasteiger partial charge < -0.3 is 5.11 Å². The summed E-state index contributed by atoms with van der Waals surface area (Å²) in [6, 6.07) is 10.3. The molecule has 2 aromatic rings. The average Bonchev–Trinajstić information content (AvgIpc) is 2.89. The fourth-order valence-corrected chi connectivity index (χ4v) is 4.06. The molecule has 1 saturated heterocycles. The Kier molecular flexibility index (Phi) is 6.21. The van der Waals surface area contributed by atoms with Crippen LogP contribution in [0.5, 0.6) is 0 Å². The molecule has 1 aliphatic heterocycles. The molecule has 0 atom stereocenters. The van der Waals surface area contributed by atoms with Crippen molar-refractivity contribution < 1.29 is 23.5 Å². The lowest BCUT2D eigenvalue weighted by Crippen LogP contribution is -2.29. The fraction of sp³-hybridized carbons (Fsp3) is 0.150. The van der Waals surface area contributed by atoms with Gasteiger partial charge in [0.2, 0.25) is 0 Å². The zero-order valence-corrected chi connectivity index (χ0v) is 16.2. The van der Waals surface area contributed by atoms with Gasteiger partial charge in [-0.2, -0.15) is 0 Å². The molecule has 144 valence electrons. The molecule has 3 rings (SSSR count). The fourth-order valence-electron chi connectivity index (χ4n) is 2.75. The number of nitrogens with zero attached hydrogens (tertiary/aromatic N) is 1. The minimum Gasteiger partial charge on any atom is -0.481 e. The van der Waals surface area contributed by atoms with E-state index in [9.17, 15) is 18.4 Å². The average molecular weight is 419 g/mol. The van der Waals surface area contributed by atoms with E-state index in [1.807, 2.05) is 0 Å². The Morgan fingerprint density at radius 2 is 2.00 bits per heavy atom. The van der Waals surface area contributed by atoms with E-state index in [2.05, 4.69) is 0 Å². The highest BCUT2D eigenvalue weighted by Crippen LogP contribution is 2.33. The van der Waals surface area contributed by atoms with Crippen LogP contribution in [0.4, 0.5) is 8.78 Å². The highest BCUT2D eigenvalue weighted by Gasteiger charge is 2.31. The predicted octanol–water partition coefficient (Wildman–Crippen LogP) is 4.70. The first kappa shape index (κ1) is 20.2. The molecular formula is C20H15F2NO3S2. The van der Waals surface area contributed by atoms with Gasteiger partial charge in [0.25, 0.3) is 5.91 Å². The number of benzene rings is 2. The smallest absolute Gasteiger partial charge is 0.303 e. The van der Waals surface area contributed by atoms with Gasteiger partial charge in [0, 0.05) is 24.6 Å². The minimum absolute atomic E-state index is 0.0403. The van der Waals surface area contributed by atoms with E-state index in [0.717, 1.165) is 17.8 Å². The number of carboxylic acid groups (broad SMARTS) is 1. The summed E-state index contributed by atoms with van der Waals surface area (Å²) in [7, 11) is 0. The van der Waals surface area contributed by atoms with Crippen LogP contribution in [0.3, 0.4) is 0 Å². The van der Waals surface area contributed by atoms with E-state index in [1.165, 1.54) is 17.0 Å². The zero-order chi connectivity index (χ0) is 20.3. The van der Waals surface area contributed by atoms with Gasteiger partial charge in [-0.3, -0.25) is 14.5 Å². The van der Waals surface area contributed by atoms with Crippen LogP contribution in [0.2, 0.25) is 0 Å². The van der Waals surface area contributed by atoms with Crippen LogP contribution >= 0.6 is 24.0 Å². The van der Waals surface area contributed by atoms with Crippen molar-refractivity contribution in [2.45, 2.75) is 12.8 Å². The molecule has 1 aliphatic rings. The van der Waals surface area contributed by atoms with Crippen LogP contribution in [-0.4, -0.2) is 32.7 Å². The highest BCUT2D eigenvalue weighted by atomic mass is 32.2. The van der Waals surface area contributed by atoms with Crippen molar-refractivity contribution in [3.8, 4) is 11.1 Å². The Hall–Kier alpha value is -2.58. The van der Waals surface area contributed by atoms with Crippen LogP contribution in [0.15, 0.2) is 47.4 Å². The molecule has 0 unspecified atom stereocenters. The van der Waals surface area contributed by atoms with E-state index < -0.39 is 17.6 Å². The number of carbonyl (C=O) groups excluding carboxylic acids is 1. The van der Waals surface area contributed by atoms with E-state index in [0.29, 0.717) is 26.8 Å². The molecule has 28 heavy (non-hydrogen) atoms. The second-order valence-electron chi connectivity index (χ2n) is 6.08. The molecule has 1 heterocycles. The molecule has 0 aromatic heterocycles. The standard InChI is InChI=1S/C20H15F2NO3S2/c21-14-6-7-15(16(22)11-14)13-4-1-3-12(9-13)10-17-19(26)23(20(27)28-17)8-2-5-18(24)25/h1,3-4,6-7,9-11H,2,5,8H2,(H,24,25)/b17-10-. The molecule has 0 saturated carbocycles. The maximum Gasteiger partial charge on any atom is 0.303 e. The molecule has 2 aromatic carbocycles. The topological polar surface area (TPSA) is 57.6 Å². The summed E-state index contributed by atoms with van der Waals surface area (Å²) >= 11 is 6.36. The van der Waals surface area contributed by atoms with Crippen molar-refractivity contribution in [2.75, 3.05) is 6.54 Å². The summed E-state index contributed by atoms with van der Waals surface area (Å²) in [6.07, 6.45) is 1.93. The maximum atomic E-state index is 14.0. The van der Waals surface area contributed by atoms with Crippen molar-refractivity contribution in [1.82, 2.24) is 4.90 Å². The summed E-state index contributed by atoms with van der Waals surface area (Å²) < 4.78 is 27.5. The van der Waals surface area contributed by atoms with Crippen molar-refractivity contribution >= 4 is 46.3 Å². The monoisotopic (exact) mass is 419 g/mol. The molecule has 0 aliphatic carbocycles. The quantitative estimate of drug-likeness (QED) is 0.543. The maximum absolute atomic E-state index is 14.0. The van der Waals surface area contributed by atoms with E-state index in [4.69, 9.17) is 17.3 Å². The van der Waals surface area contributed by atoms with E-state index >= 15 is 0 Å². The van der Waals surface area contributed by atoms with E-state index in [-0.39, 0.29) is 24.4 Å². The normalized spacial score (nSPS) is 15.5. The number of halogens is 2. The third kappa shape index (κ3) is 4.63. The van der Waals surface area contributed by atoms with Gasteiger partial charge in [-0.25, -0.2) is 8.78 Å². The number of aliphatic carboxylic acids is 1. The number of thiocarbonyl (C=S) groups is 1. The van der Waals surface area contributed by atoms with Gasteiger partial charge in [-0.1, -0.05) is 42.2 Å². The first-order valence-electron chi connectivity index (χ1n) is 8.38. The molecule has 0 radical (unpaired) electrons. The SMILES string of the molecule is O=C(O)CCCN1C(=O)/C(=C/c2cccc(-c3ccc(F)cc3F)c2)SC1=S. The lowest BCUT2D eigenvalue weighted by molar-refractivity contribution is -0.137. The molecular weight excluding hydrogens is 404 g/mol. The third-order valence-electron chi connectivity index (χ3n) is 4.07. The number of thioether (sulfide) groups is 1. The summed E-state index contributed by atoms with van der Waals surface area (Å²) in [5, 5.41) is 8.72. The third-order valence-corrected chi connectivity index (χ3v) is 5.45. The predicted molar refractivity (Wildman–Crippen MR) is 109 cm³/mol. The lowest BCUT2D eigenvalue weighted by Gasteiger charge is -2.13. The van der Waals surface area contributed by atoms with Gasteiger partial charge in [0.15, 0.2) is 0 Å². The zero-order valence-electron chi connectivity index (χ0n) is 14.5. The van der Waals surface area contributed by atoms with Crippen LogP contribution in [-0.2, 0) is 9.59 Å². The summed E-state index contributed by atoms with van der Waals surface area (Å²) in [6.45, 7) is 0.245. The molecule has 0 bridgehead atoms. The summed E-state index contributed by atoms with van der Waals surface area (Å²) in [4.78, 5) is 25.0. The van der Waals surface area contributed by atoms with Gasteiger partial charge in [-0.15, -0.1) is 0 Å². The summed E-state index contributed by atoms with van der Waals surface area (Å²) in [5.41, 5.74) is 1.49. The lowest BCUT2D eigenvalue weighted by atomic mass is 10.0. The van der Waals surface area contributed by atoms with E-state index in [1.54, 1.807) is 30.3 Å². The molecule has 0 spiro atoms. The first-order valence-corrected chi connectivity index (χ1v) is 9.60. The van der Waals surface area contributed by atoms with Gasteiger partial charge in [-0.05, 0) is 41.8 Å². The minimum atomic E-state index is -0.925. The molecule has 8 heteroatoms. The van der Waals surface area contributed by atoms with Crippen molar-refractivity contribution in [2.24, 2.45) is 0 Å². The van der Waals surface area contributed by atoms with Gasteiger partial charge in [0.05, 0.1) is 4.91 Å². The molecule has 1 fully saturated rings. The van der Waals surface area contributed by atoms with Crippen molar-refractivity contribution in [1.29, 1.82) is 0 Å². The Morgan fingerprint density at radius 3 is 2.71 bits per heavy atom. The number of amides is 1. The highest BCUT2D eigenvalue weighted by molar-refractivity contribution is 8.26. The molecule has 4 nitrogen and oxygen atoms in total. The van der Waals surface area contributed by atoms with Gasteiger partial charge >= 0.3 is 5.97 Å². The number of rotatable bonds is 6. The Bertz CT molecular complexity index is 991. The largest absolute Gasteiger partial charge is 0.481 e. The van der Waals surface area contributed by atoms with Crippen molar-refractivity contribution in [3.05, 3.63) is 64.6 Å². The molecule has 1 N–H and O–H groups in total. The van der Waals surface area contributed by atoms with Crippen LogP contribution in [0.25, 0.3) is 17.2 Å². The second kappa shape index (κ2) is 8.62. The Labute approximate surface area is 169 Å². The van der Waals surface area contributed by atoms with Gasteiger partial charge in [0.1, 0.15) is 16.0 Å². The number of hydrogen-bond acceptors (Lipinski definition) is 4. The summed E-state index contributed by atoms with van der Waals surface area (Å²) in [5.74, 6) is -2.52. The second-order valence-corrected chi connectivity index (χ2v) is 7.76. The van der Waals surface area contributed by atoms with Crippen LogP contribution in [0.1, 0.15) is 18.4 Å². The number of hydrogen-bond donors (Lipinski definition) is 1. The first-order chi connectivity index (χ1) is 13.3. The Morgan fingerprint density at radius 1 is 1.21 bits per heavy atom.